The van der Waals surface area contributed by atoms with Crippen molar-refractivity contribution >= 4 is 17.5 Å². The van der Waals surface area contributed by atoms with Crippen molar-refractivity contribution < 1.29 is 24.2 Å². The topological polar surface area (TPSA) is 80.7 Å². The van der Waals surface area contributed by atoms with Gasteiger partial charge in [-0.2, -0.15) is 0 Å². The van der Waals surface area contributed by atoms with Crippen LogP contribution in [0.5, 0.6) is 0 Å². The third-order valence-corrected chi connectivity index (χ3v) is 13.8. The highest BCUT2D eigenvalue weighted by atomic mass is 16.6. The molecule has 8 aliphatic rings. The van der Waals surface area contributed by atoms with E-state index in [9.17, 15) is 19.5 Å². The average Bonchev–Trinajstić information content (AvgIpc) is 3.33. The van der Waals surface area contributed by atoms with E-state index in [1.54, 1.807) is 6.08 Å². The van der Waals surface area contributed by atoms with Crippen molar-refractivity contribution in [2.24, 2.45) is 40.4 Å². The van der Waals surface area contributed by atoms with Gasteiger partial charge in [0.2, 0.25) is 0 Å². The second-order valence-corrected chi connectivity index (χ2v) is 15.6. The molecule has 1 saturated heterocycles. The first kappa shape index (κ1) is 30.7. The Morgan fingerprint density at radius 1 is 0.889 bits per heavy atom. The zero-order chi connectivity index (χ0) is 31.8. The molecule has 7 aliphatic carbocycles. The van der Waals surface area contributed by atoms with Gasteiger partial charge in [-0.3, -0.25) is 14.4 Å². The van der Waals surface area contributed by atoms with Crippen LogP contribution in [0, 0.1) is 52.8 Å². The molecule has 8 rings (SSSR count). The number of esters is 1. The summed E-state index contributed by atoms with van der Waals surface area (Å²) in [5, 5.41) is 11.0. The van der Waals surface area contributed by atoms with E-state index in [-0.39, 0.29) is 34.0 Å². The summed E-state index contributed by atoms with van der Waals surface area (Å²) in [6.45, 7) is 6.59. The van der Waals surface area contributed by atoms with Crippen LogP contribution in [0.3, 0.4) is 0 Å². The first-order chi connectivity index (χ1) is 21.5. The van der Waals surface area contributed by atoms with Crippen LogP contribution in [0.2, 0.25) is 0 Å². The van der Waals surface area contributed by atoms with Crippen LogP contribution in [0.15, 0.2) is 58.7 Å². The predicted octanol–water partition coefficient (Wildman–Crippen LogP) is 7.31. The van der Waals surface area contributed by atoms with Crippen molar-refractivity contribution in [3.8, 4) is 12.3 Å². The van der Waals surface area contributed by atoms with Crippen LogP contribution in [0.1, 0.15) is 104 Å². The summed E-state index contributed by atoms with van der Waals surface area (Å²) in [7, 11) is 0. The molecule has 0 unspecified atom stereocenters. The molecule has 238 valence electrons. The SMILES string of the molecule is C#C[C@]1(O)CC[C@H]2[C@@H]3CCC4=CC(=O)CCC4=C3C=C[C@@]21CC.C[C@]12C=CC(=O)C=C1CC[C@@H]1[C@@H]2CC[C@]2(C)OC(=O)CC[C@@H]12. The minimum Gasteiger partial charge on any atom is -0.459 e. The van der Waals surface area contributed by atoms with E-state index in [4.69, 9.17) is 11.2 Å². The Balaban J connectivity index is 0.000000145. The average molecular weight is 609 g/mol. The maximum Gasteiger partial charge on any atom is 0.306 e. The minimum atomic E-state index is -1.00. The summed E-state index contributed by atoms with van der Waals surface area (Å²) in [4.78, 5) is 35.2. The lowest BCUT2D eigenvalue weighted by atomic mass is 9.49. The van der Waals surface area contributed by atoms with Crippen LogP contribution in [0.4, 0.5) is 0 Å². The van der Waals surface area contributed by atoms with E-state index in [0.29, 0.717) is 48.9 Å². The molecule has 3 saturated carbocycles. The van der Waals surface area contributed by atoms with Crippen LogP contribution in [0.25, 0.3) is 0 Å². The molecular formula is C40H48O5. The van der Waals surface area contributed by atoms with Gasteiger partial charge in [-0.05, 0) is 136 Å². The van der Waals surface area contributed by atoms with E-state index in [2.05, 4.69) is 44.9 Å². The van der Waals surface area contributed by atoms with Gasteiger partial charge >= 0.3 is 5.97 Å². The molecule has 4 fully saturated rings. The number of hydrogen-bond donors (Lipinski definition) is 1. The highest BCUT2D eigenvalue weighted by Crippen LogP contribution is 2.63. The molecule has 0 aromatic heterocycles. The molecule has 1 N–H and O–H groups in total. The van der Waals surface area contributed by atoms with Gasteiger partial charge in [0.05, 0.1) is 0 Å². The molecule has 0 bridgehead atoms. The first-order valence-electron chi connectivity index (χ1n) is 17.5. The van der Waals surface area contributed by atoms with Gasteiger partial charge in [-0.25, -0.2) is 0 Å². The van der Waals surface area contributed by atoms with Gasteiger partial charge in [-0.1, -0.05) is 43.6 Å². The number of rotatable bonds is 1. The molecule has 0 aromatic carbocycles. The summed E-state index contributed by atoms with van der Waals surface area (Å²) in [6, 6.07) is 0. The lowest BCUT2D eigenvalue weighted by Gasteiger charge is -2.58. The van der Waals surface area contributed by atoms with Crippen LogP contribution in [-0.4, -0.2) is 33.8 Å². The maximum absolute atomic E-state index is 11.7. The molecule has 45 heavy (non-hydrogen) atoms. The molecule has 0 spiro atoms. The Morgan fingerprint density at radius 2 is 1.69 bits per heavy atom. The fourth-order valence-corrected chi connectivity index (χ4v) is 11.5. The minimum absolute atomic E-state index is 0.0250. The smallest absolute Gasteiger partial charge is 0.306 e. The van der Waals surface area contributed by atoms with Gasteiger partial charge in [0.1, 0.15) is 11.2 Å². The van der Waals surface area contributed by atoms with Crippen LogP contribution in [-0.2, 0) is 19.1 Å². The highest BCUT2D eigenvalue weighted by molar-refractivity contribution is 6.01. The third kappa shape index (κ3) is 4.56. The zero-order valence-electron chi connectivity index (χ0n) is 27.2. The molecule has 0 amide bonds. The molecule has 0 radical (unpaired) electrons. The van der Waals surface area contributed by atoms with Gasteiger partial charge in [0, 0.05) is 29.6 Å². The number of carbonyl (C=O) groups excluding carboxylic acids is 3. The summed E-state index contributed by atoms with van der Waals surface area (Å²) >= 11 is 0. The number of ether oxygens (including phenoxy) is 1. The van der Waals surface area contributed by atoms with Crippen molar-refractivity contribution in [2.75, 3.05) is 0 Å². The Bertz CT molecular complexity index is 1530. The summed E-state index contributed by atoms with van der Waals surface area (Å²) in [6.07, 6.45) is 29.7. The number of aliphatic hydroxyl groups is 1. The van der Waals surface area contributed by atoms with Crippen LogP contribution >= 0.6 is 0 Å². The quantitative estimate of drug-likeness (QED) is 0.249. The number of allylic oxidation sites excluding steroid dienone is 9. The number of ketones is 2. The van der Waals surface area contributed by atoms with E-state index in [1.165, 1.54) is 22.3 Å². The standard InChI is InChI=1S/C21H24O2.C19H24O3/c1-3-20-11-9-17-16-8-6-15(22)13-14(16)5-7-18(17)19(20)10-12-21(20,23)4-2;1-18-9-7-13(20)11-12(18)3-4-14-15(18)8-10-19(2)16(14)5-6-17(21)22-19/h2,9,11,13,18-19,23H,3,5-8,10,12H2,1H3;7,9,11,14-16H,3-6,8,10H2,1-2H3/t18-,19+,20+,21+;14-,15+,16+,18+,19+/m11/s1. The van der Waals surface area contributed by atoms with Crippen molar-refractivity contribution in [1.82, 2.24) is 0 Å². The van der Waals surface area contributed by atoms with Crippen molar-refractivity contribution in [2.45, 2.75) is 115 Å². The molecule has 5 heteroatoms. The number of fused-ring (bicyclic) bond motifs is 9. The van der Waals surface area contributed by atoms with Gasteiger partial charge in [0.15, 0.2) is 11.6 Å². The Hall–Kier alpha value is -2.97. The Kier molecular flexibility index (Phi) is 7.36. The molecular weight excluding hydrogens is 560 g/mol. The monoisotopic (exact) mass is 608 g/mol. The lowest BCUT2D eigenvalue weighted by molar-refractivity contribution is -0.192. The van der Waals surface area contributed by atoms with E-state index < -0.39 is 5.60 Å². The summed E-state index contributed by atoms with van der Waals surface area (Å²) in [5.74, 6) is 5.68. The largest absolute Gasteiger partial charge is 0.459 e. The highest BCUT2D eigenvalue weighted by Gasteiger charge is 2.60. The third-order valence-electron chi connectivity index (χ3n) is 13.8. The Morgan fingerprint density at radius 3 is 2.47 bits per heavy atom. The Labute approximate surface area is 268 Å². The summed E-state index contributed by atoms with van der Waals surface area (Å²) in [5.41, 5.74) is 3.88. The fraction of sp³-hybridized carbons (Fsp3) is 0.625. The number of carbonyl (C=O) groups is 3. The molecule has 9 atom stereocenters. The number of terminal acetylenes is 1. The predicted molar refractivity (Wildman–Crippen MR) is 173 cm³/mol. The fourth-order valence-electron chi connectivity index (χ4n) is 11.5. The van der Waals surface area contributed by atoms with Crippen LogP contribution < -0.4 is 0 Å². The molecule has 1 aliphatic heterocycles. The van der Waals surface area contributed by atoms with Gasteiger partial charge < -0.3 is 9.84 Å². The summed E-state index contributed by atoms with van der Waals surface area (Å²) < 4.78 is 5.79. The molecule has 1 heterocycles. The second kappa shape index (κ2) is 10.8. The van der Waals surface area contributed by atoms with E-state index in [1.807, 2.05) is 12.2 Å². The molecule has 0 aromatic rings. The van der Waals surface area contributed by atoms with Crippen molar-refractivity contribution in [3.63, 3.8) is 0 Å². The van der Waals surface area contributed by atoms with Crippen molar-refractivity contribution in [3.05, 3.63) is 58.7 Å². The van der Waals surface area contributed by atoms with Gasteiger partial charge in [-0.15, -0.1) is 6.42 Å². The zero-order valence-corrected chi connectivity index (χ0v) is 27.2. The first-order valence-corrected chi connectivity index (χ1v) is 17.5. The second-order valence-electron chi connectivity index (χ2n) is 15.6. The maximum atomic E-state index is 11.7. The normalized spacial score (nSPS) is 44.3. The number of hydrogen-bond acceptors (Lipinski definition) is 5. The van der Waals surface area contributed by atoms with Gasteiger partial charge in [0.25, 0.3) is 0 Å². The van der Waals surface area contributed by atoms with E-state index in [0.717, 1.165) is 64.2 Å². The van der Waals surface area contributed by atoms with Crippen molar-refractivity contribution in [1.29, 1.82) is 0 Å². The molecule has 5 nitrogen and oxygen atoms in total. The lowest BCUT2D eigenvalue weighted by Crippen LogP contribution is -2.56. The van der Waals surface area contributed by atoms with E-state index >= 15 is 0 Å².